The Labute approximate surface area is 165 Å². The van der Waals surface area contributed by atoms with Crippen LogP contribution in [0.15, 0.2) is 18.2 Å². The maximum absolute atomic E-state index is 13.0. The van der Waals surface area contributed by atoms with Crippen molar-refractivity contribution in [3.8, 4) is 5.75 Å². The Bertz CT molecular complexity index is 700. The SMILES string of the molecule is Cc1ccc(C(=O)N2CC[C@@H](O)[C@@]3(CCCNC3=O)C2)cc1OCCN.Cl. The Hall–Kier alpha value is -1.83. The van der Waals surface area contributed by atoms with Gasteiger partial charge in [-0.1, -0.05) is 6.07 Å². The van der Waals surface area contributed by atoms with E-state index < -0.39 is 11.5 Å². The molecule has 0 radical (unpaired) electrons. The Balaban J connectivity index is 0.00000261. The molecule has 2 heterocycles. The lowest BCUT2D eigenvalue weighted by molar-refractivity contribution is -0.147. The second-order valence-electron chi connectivity index (χ2n) is 7.16. The minimum absolute atomic E-state index is 0. The smallest absolute Gasteiger partial charge is 0.254 e. The van der Waals surface area contributed by atoms with E-state index in [2.05, 4.69) is 5.32 Å². The van der Waals surface area contributed by atoms with Gasteiger partial charge in [-0.15, -0.1) is 12.4 Å². The van der Waals surface area contributed by atoms with Crippen LogP contribution in [-0.2, 0) is 4.79 Å². The first-order chi connectivity index (χ1) is 12.5. The minimum atomic E-state index is -0.893. The molecule has 1 spiro atoms. The summed E-state index contributed by atoms with van der Waals surface area (Å²) in [6.45, 7) is 4.00. The Morgan fingerprint density at radius 3 is 2.96 bits per heavy atom. The molecule has 0 aromatic heterocycles. The lowest BCUT2D eigenvalue weighted by Crippen LogP contribution is -2.62. The number of nitrogens with zero attached hydrogens (tertiary/aromatic N) is 1. The number of piperidine rings is 2. The number of hydrogen-bond acceptors (Lipinski definition) is 5. The average Bonchev–Trinajstić information content (AvgIpc) is 2.65. The van der Waals surface area contributed by atoms with Gasteiger partial charge in [0.2, 0.25) is 5.91 Å². The average molecular weight is 398 g/mol. The van der Waals surface area contributed by atoms with E-state index in [-0.39, 0.29) is 30.8 Å². The molecule has 2 amide bonds. The number of hydrogen-bond donors (Lipinski definition) is 3. The van der Waals surface area contributed by atoms with Crippen LogP contribution in [0.4, 0.5) is 0 Å². The fourth-order valence-electron chi connectivity index (χ4n) is 3.86. The standard InChI is InChI=1S/C19H27N3O4.ClH/c1-13-3-4-14(11-15(13)26-10-7-20)17(24)22-9-5-16(23)19(12-22)6-2-8-21-18(19)25;/h3-4,11,16,23H,2,5-10,12,20H2,1H3,(H,21,25);1H/t16-,19-;/m1./s1. The third kappa shape index (κ3) is 4.20. The molecule has 2 atom stereocenters. The maximum Gasteiger partial charge on any atom is 0.254 e. The van der Waals surface area contributed by atoms with Crippen LogP contribution >= 0.6 is 12.4 Å². The van der Waals surface area contributed by atoms with Crippen molar-refractivity contribution in [3.63, 3.8) is 0 Å². The third-order valence-corrected chi connectivity index (χ3v) is 5.42. The van der Waals surface area contributed by atoms with Crippen LogP contribution in [0, 0.1) is 12.3 Å². The van der Waals surface area contributed by atoms with E-state index in [1.807, 2.05) is 13.0 Å². The number of halogens is 1. The molecular formula is C19H28ClN3O4. The number of amides is 2. The quantitative estimate of drug-likeness (QED) is 0.698. The van der Waals surface area contributed by atoms with Crippen LogP contribution < -0.4 is 15.8 Å². The first-order valence-electron chi connectivity index (χ1n) is 9.17. The number of aryl methyl sites for hydroxylation is 1. The van der Waals surface area contributed by atoms with Gasteiger partial charge in [-0.2, -0.15) is 0 Å². The largest absolute Gasteiger partial charge is 0.492 e. The van der Waals surface area contributed by atoms with Crippen LogP contribution in [0.25, 0.3) is 0 Å². The Morgan fingerprint density at radius 2 is 2.26 bits per heavy atom. The number of ether oxygens (including phenoxy) is 1. The summed E-state index contributed by atoms with van der Waals surface area (Å²) in [6.07, 6.45) is 1.10. The number of nitrogens with two attached hydrogens (primary N) is 1. The summed E-state index contributed by atoms with van der Waals surface area (Å²) in [5.41, 5.74) is 6.05. The van der Waals surface area contributed by atoms with Gasteiger partial charge in [-0.25, -0.2) is 0 Å². The predicted molar refractivity (Wildman–Crippen MR) is 104 cm³/mol. The molecule has 2 aliphatic rings. The maximum atomic E-state index is 13.0. The Kier molecular flexibility index (Phi) is 7.08. The molecule has 27 heavy (non-hydrogen) atoms. The van der Waals surface area contributed by atoms with Gasteiger partial charge in [-0.05, 0) is 43.9 Å². The summed E-state index contributed by atoms with van der Waals surface area (Å²) in [5.74, 6) is 0.348. The topological polar surface area (TPSA) is 105 Å². The fraction of sp³-hybridized carbons (Fsp3) is 0.579. The zero-order valence-corrected chi connectivity index (χ0v) is 16.4. The van der Waals surface area contributed by atoms with E-state index in [0.717, 1.165) is 12.0 Å². The lowest BCUT2D eigenvalue weighted by atomic mass is 9.71. The molecule has 1 aromatic carbocycles. The van der Waals surface area contributed by atoms with Gasteiger partial charge in [0, 0.05) is 31.7 Å². The normalized spacial score (nSPS) is 24.9. The van der Waals surface area contributed by atoms with Crippen LogP contribution in [0.5, 0.6) is 5.75 Å². The number of carbonyl (C=O) groups is 2. The number of benzene rings is 1. The summed E-state index contributed by atoms with van der Waals surface area (Å²) < 4.78 is 5.61. The van der Waals surface area contributed by atoms with E-state index >= 15 is 0 Å². The van der Waals surface area contributed by atoms with Gasteiger partial charge in [-0.3, -0.25) is 9.59 Å². The number of carbonyl (C=O) groups excluding carboxylic acids is 2. The molecule has 0 bridgehead atoms. The van der Waals surface area contributed by atoms with Crippen molar-refractivity contribution in [3.05, 3.63) is 29.3 Å². The molecule has 2 aliphatic heterocycles. The van der Waals surface area contributed by atoms with E-state index in [4.69, 9.17) is 10.5 Å². The van der Waals surface area contributed by atoms with Gasteiger partial charge in [0.15, 0.2) is 0 Å². The number of aliphatic hydroxyl groups is 1. The second-order valence-corrected chi connectivity index (χ2v) is 7.16. The van der Waals surface area contributed by atoms with Gasteiger partial charge >= 0.3 is 0 Å². The van der Waals surface area contributed by atoms with E-state index in [1.165, 1.54) is 0 Å². The van der Waals surface area contributed by atoms with Crippen molar-refractivity contribution in [2.45, 2.75) is 32.3 Å². The van der Waals surface area contributed by atoms with Crippen molar-refractivity contribution in [2.24, 2.45) is 11.1 Å². The first kappa shape index (κ1) is 21.5. The molecule has 7 nitrogen and oxygen atoms in total. The van der Waals surface area contributed by atoms with Gasteiger partial charge in [0.1, 0.15) is 12.4 Å². The van der Waals surface area contributed by atoms with Crippen molar-refractivity contribution in [1.82, 2.24) is 10.2 Å². The van der Waals surface area contributed by atoms with Crippen molar-refractivity contribution >= 4 is 24.2 Å². The number of nitrogens with one attached hydrogen (secondary N) is 1. The van der Waals surface area contributed by atoms with Crippen LogP contribution in [0.3, 0.4) is 0 Å². The number of rotatable bonds is 4. The van der Waals surface area contributed by atoms with E-state index in [0.29, 0.717) is 50.4 Å². The monoisotopic (exact) mass is 397 g/mol. The molecule has 3 rings (SSSR count). The molecule has 8 heteroatoms. The van der Waals surface area contributed by atoms with Gasteiger partial charge in [0.05, 0.1) is 11.5 Å². The first-order valence-corrected chi connectivity index (χ1v) is 9.17. The van der Waals surface area contributed by atoms with Crippen LogP contribution in [-0.4, -0.2) is 60.7 Å². The summed E-state index contributed by atoms with van der Waals surface area (Å²) in [7, 11) is 0. The second kappa shape index (κ2) is 8.91. The van der Waals surface area contributed by atoms with Gasteiger partial charge < -0.3 is 25.8 Å². The van der Waals surface area contributed by atoms with Crippen LogP contribution in [0.1, 0.15) is 35.2 Å². The van der Waals surface area contributed by atoms with Crippen molar-refractivity contribution < 1.29 is 19.4 Å². The number of aliphatic hydroxyl groups excluding tert-OH is 1. The molecular weight excluding hydrogens is 370 g/mol. The summed E-state index contributed by atoms with van der Waals surface area (Å²) in [6, 6.07) is 5.35. The summed E-state index contributed by atoms with van der Waals surface area (Å²) in [5, 5.41) is 13.3. The van der Waals surface area contributed by atoms with Crippen molar-refractivity contribution in [2.75, 3.05) is 32.8 Å². The molecule has 4 N–H and O–H groups in total. The summed E-state index contributed by atoms with van der Waals surface area (Å²) in [4.78, 5) is 27.1. The fourth-order valence-corrected chi connectivity index (χ4v) is 3.86. The molecule has 2 saturated heterocycles. The Morgan fingerprint density at radius 1 is 1.48 bits per heavy atom. The molecule has 2 fully saturated rings. The van der Waals surface area contributed by atoms with E-state index in [9.17, 15) is 14.7 Å². The highest BCUT2D eigenvalue weighted by Gasteiger charge is 2.50. The third-order valence-electron chi connectivity index (χ3n) is 5.42. The predicted octanol–water partition coefficient (Wildman–Crippen LogP) is 0.858. The highest BCUT2D eigenvalue weighted by Crippen LogP contribution is 2.37. The van der Waals surface area contributed by atoms with Crippen molar-refractivity contribution in [1.29, 1.82) is 0 Å². The zero-order valence-electron chi connectivity index (χ0n) is 15.6. The number of likely N-dealkylation sites (tertiary alicyclic amines) is 1. The highest BCUT2D eigenvalue weighted by molar-refractivity contribution is 5.95. The summed E-state index contributed by atoms with van der Waals surface area (Å²) >= 11 is 0. The molecule has 0 aliphatic carbocycles. The lowest BCUT2D eigenvalue weighted by Gasteiger charge is -2.46. The zero-order chi connectivity index (χ0) is 18.7. The molecule has 0 unspecified atom stereocenters. The highest BCUT2D eigenvalue weighted by atomic mass is 35.5. The van der Waals surface area contributed by atoms with Crippen LogP contribution in [0.2, 0.25) is 0 Å². The van der Waals surface area contributed by atoms with Gasteiger partial charge in [0.25, 0.3) is 5.91 Å². The molecule has 0 saturated carbocycles. The molecule has 150 valence electrons. The van der Waals surface area contributed by atoms with E-state index in [1.54, 1.807) is 17.0 Å². The molecule has 1 aromatic rings. The minimum Gasteiger partial charge on any atom is -0.492 e.